The van der Waals surface area contributed by atoms with E-state index in [0.29, 0.717) is 23.3 Å². The highest BCUT2D eigenvalue weighted by atomic mass is 16.2. The maximum atomic E-state index is 13.7. The van der Waals surface area contributed by atoms with Gasteiger partial charge in [-0.3, -0.25) is 9.36 Å². The fourth-order valence-corrected chi connectivity index (χ4v) is 4.48. The molecule has 0 aliphatic carbocycles. The van der Waals surface area contributed by atoms with E-state index in [4.69, 9.17) is 4.98 Å². The number of aromatic nitrogens is 2. The van der Waals surface area contributed by atoms with E-state index in [1.807, 2.05) is 88.4 Å². The van der Waals surface area contributed by atoms with Crippen molar-refractivity contribution in [2.24, 2.45) is 0 Å². The van der Waals surface area contributed by atoms with Gasteiger partial charge in [0.05, 0.1) is 22.6 Å². The monoisotopic (exact) mass is 468 g/mol. The molecule has 6 heteroatoms. The zero-order chi connectivity index (χ0) is 25.1. The highest BCUT2D eigenvalue weighted by molar-refractivity contribution is 5.91. The number of carbonyl (C=O) groups excluding carboxylic acids is 1. The van der Waals surface area contributed by atoms with Gasteiger partial charge in [0.1, 0.15) is 5.82 Å². The van der Waals surface area contributed by atoms with Gasteiger partial charge in [0.2, 0.25) is 0 Å². The third-order valence-corrected chi connectivity index (χ3v) is 6.56. The van der Waals surface area contributed by atoms with Gasteiger partial charge in [-0.1, -0.05) is 49.4 Å². The molecular weight excluding hydrogens is 436 g/mol. The van der Waals surface area contributed by atoms with Crippen molar-refractivity contribution in [1.82, 2.24) is 14.5 Å². The largest absolute Gasteiger partial charge is 0.322 e. The predicted octanol–water partition coefficient (Wildman–Crippen LogP) is 6.18. The van der Waals surface area contributed by atoms with E-state index in [1.165, 1.54) is 5.56 Å². The van der Waals surface area contributed by atoms with E-state index in [1.54, 1.807) is 15.5 Å². The van der Waals surface area contributed by atoms with Crippen LogP contribution >= 0.6 is 0 Å². The Hall–Kier alpha value is -3.93. The van der Waals surface area contributed by atoms with Gasteiger partial charge in [0, 0.05) is 12.2 Å². The van der Waals surface area contributed by atoms with E-state index in [-0.39, 0.29) is 11.6 Å². The number of hydrogen-bond acceptors (Lipinski definition) is 3. The third-order valence-electron chi connectivity index (χ3n) is 6.56. The first-order valence-electron chi connectivity index (χ1n) is 12.1. The summed E-state index contributed by atoms with van der Waals surface area (Å²) in [5, 5.41) is 3.63. The summed E-state index contributed by atoms with van der Waals surface area (Å²) in [6.07, 6.45) is 0.913. The quantitative estimate of drug-likeness (QED) is 0.367. The molecule has 4 aromatic rings. The summed E-state index contributed by atoms with van der Waals surface area (Å²) in [7, 11) is 0. The minimum absolute atomic E-state index is 0.145. The molecule has 35 heavy (non-hydrogen) atoms. The van der Waals surface area contributed by atoms with Crippen molar-refractivity contribution < 1.29 is 4.79 Å². The lowest BCUT2D eigenvalue weighted by Gasteiger charge is -2.30. The first kappa shape index (κ1) is 24.2. The first-order chi connectivity index (χ1) is 16.8. The first-order valence-corrected chi connectivity index (χ1v) is 12.1. The van der Waals surface area contributed by atoms with Crippen molar-refractivity contribution >= 4 is 22.6 Å². The number of para-hydroxylation sites is 2. The Labute approximate surface area is 206 Å². The Kier molecular flexibility index (Phi) is 7.01. The van der Waals surface area contributed by atoms with E-state index >= 15 is 0 Å². The van der Waals surface area contributed by atoms with E-state index in [9.17, 15) is 9.59 Å². The molecular formula is C29H32N4O2. The second-order valence-corrected chi connectivity index (χ2v) is 8.81. The van der Waals surface area contributed by atoms with Crippen LogP contribution in [-0.4, -0.2) is 27.0 Å². The number of rotatable bonds is 6. The highest BCUT2D eigenvalue weighted by Gasteiger charge is 2.26. The van der Waals surface area contributed by atoms with Crippen molar-refractivity contribution in [3.8, 4) is 5.69 Å². The Morgan fingerprint density at radius 3 is 2.26 bits per heavy atom. The van der Waals surface area contributed by atoms with Crippen molar-refractivity contribution in [1.29, 1.82) is 0 Å². The lowest BCUT2D eigenvalue weighted by atomic mass is 10.1. The molecule has 4 rings (SSSR count). The molecule has 1 N–H and O–H groups in total. The van der Waals surface area contributed by atoms with Crippen LogP contribution in [0, 0.1) is 13.8 Å². The minimum Gasteiger partial charge on any atom is -0.315 e. The molecule has 1 aromatic heterocycles. The van der Waals surface area contributed by atoms with Gasteiger partial charge in [-0.05, 0) is 75.1 Å². The van der Waals surface area contributed by atoms with Crippen LogP contribution in [0.4, 0.5) is 10.5 Å². The van der Waals surface area contributed by atoms with Crippen LogP contribution in [0.1, 0.15) is 49.3 Å². The van der Waals surface area contributed by atoms with Gasteiger partial charge < -0.3 is 10.2 Å². The van der Waals surface area contributed by atoms with E-state index in [0.717, 1.165) is 28.9 Å². The SMILES string of the molecule is CCc1ccc(-n2c(C(C)N(CC)C(=O)Nc3c(C)cccc3C)nc3ccccc3c2=O)cc1. The summed E-state index contributed by atoms with van der Waals surface area (Å²) < 4.78 is 1.64. The van der Waals surface area contributed by atoms with Gasteiger partial charge >= 0.3 is 6.03 Å². The Balaban J connectivity index is 1.82. The molecule has 6 nitrogen and oxygen atoms in total. The molecule has 1 unspecified atom stereocenters. The molecule has 0 aliphatic heterocycles. The van der Waals surface area contributed by atoms with Gasteiger partial charge in [0.15, 0.2) is 0 Å². The van der Waals surface area contributed by atoms with Gasteiger partial charge in [-0.2, -0.15) is 0 Å². The summed E-state index contributed by atoms with van der Waals surface area (Å²) in [5.41, 5.74) is 5.20. The fourth-order valence-electron chi connectivity index (χ4n) is 4.48. The standard InChI is InChI=1S/C29H32N4O2/c1-6-22-15-17-23(18-16-22)33-27(30-25-14-9-8-13-24(25)28(33)34)21(5)32(7-2)29(35)31-26-19(3)11-10-12-20(26)4/h8-18,21H,6-7H2,1-5H3,(H,31,35). The number of fused-ring (bicyclic) bond motifs is 1. The average Bonchev–Trinajstić information content (AvgIpc) is 2.87. The molecule has 180 valence electrons. The predicted molar refractivity (Wildman–Crippen MR) is 142 cm³/mol. The summed E-state index contributed by atoms with van der Waals surface area (Å²) in [5.74, 6) is 0.524. The number of aryl methyl sites for hydroxylation is 3. The lowest BCUT2D eigenvalue weighted by molar-refractivity contribution is 0.193. The van der Waals surface area contributed by atoms with Crippen LogP contribution in [0.25, 0.3) is 16.6 Å². The van der Waals surface area contributed by atoms with E-state index in [2.05, 4.69) is 12.2 Å². The molecule has 0 aliphatic rings. The summed E-state index contributed by atoms with van der Waals surface area (Å²) in [4.78, 5) is 33.7. The number of anilines is 1. The second kappa shape index (κ2) is 10.1. The number of nitrogens with one attached hydrogen (secondary N) is 1. The normalized spacial score (nSPS) is 11.9. The second-order valence-electron chi connectivity index (χ2n) is 8.81. The van der Waals surface area contributed by atoms with Crippen LogP contribution in [0.15, 0.2) is 71.5 Å². The maximum Gasteiger partial charge on any atom is 0.322 e. The van der Waals surface area contributed by atoms with E-state index < -0.39 is 6.04 Å². The molecule has 0 saturated heterocycles. The third kappa shape index (κ3) is 4.69. The molecule has 0 fully saturated rings. The van der Waals surface area contributed by atoms with Crippen molar-refractivity contribution in [2.45, 2.75) is 47.1 Å². The number of nitrogens with zero attached hydrogens (tertiary/aromatic N) is 3. The number of hydrogen-bond donors (Lipinski definition) is 1. The number of amides is 2. The maximum absolute atomic E-state index is 13.7. The van der Waals surface area contributed by atoms with Crippen LogP contribution in [0.5, 0.6) is 0 Å². The Morgan fingerprint density at radius 1 is 0.971 bits per heavy atom. The van der Waals surface area contributed by atoms with Crippen LogP contribution in [-0.2, 0) is 6.42 Å². The zero-order valence-electron chi connectivity index (χ0n) is 21.0. The molecule has 0 spiro atoms. The van der Waals surface area contributed by atoms with Crippen LogP contribution in [0.2, 0.25) is 0 Å². The average molecular weight is 469 g/mol. The smallest absolute Gasteiger partial charge is 0.315 e. The molecule has 0 saturated carbocycles. The molecule has 3 aromatic carbocycles. The molecule has 1 heterocycles. The summed E-state index contributed by atoms with van der Waals surface area (Å²) in [6, 6.07) is 20.5. The van der Waals surface area contributed by atoms with Crippen molar-refractivity contribution in [3.63, 3.8) is 0 Å². The Morgan fingerprint density at radius 2 is 1.63 bits per heavy atom. The molecule has 1 atom stereocenters. The van der Waals surface area contributed by atoms with Crippen molar-refractivity contribution in [2.75, 3.05) is 11.9 Å². The zero-order valence-corrected chi connectivity index (χ0v) is 21.0. The van der Waals surface area contributed by atoms with Crippen molar-refractivity contribution in [3.05, 3.63) is 99.6 Å². The fraction of sp³-hybridized carbons (Fsp3) is 0.276. The number of benzene rings is 3. The topological polar surface area (TPSA) is 67.2 Å². The highest BCUT2D eigenvalue weighted by Crippen LogP contribution is 2.25. The number of carbonyl (C=O) groups is 1. The molecule has 2 amide bonds. The summed E-state index contributed by atoms with van der Waals surface area (Å²) >= 11 is 0. The minimum atomic E-state index is -0.451. The van der Waals surface area contributed by atoms with Crippen LogP contribution in [0.3, 0.4) is 0 Å². The van der Waals surface area contributed by atoms with Gasteiger partial charge in [0.25, 0.3) is 5.56 Å². The lowest BCUT2D eigenvalue weighted by Crippen LogP contribution is -2.40. The van der Waals surface area contributed by atoms with Gasteiger partial charge in [-0.15, -0.1) is 0 Å². The molecule has 0 radical (unpaired) electrons. The Bertz CT molecular complexity index is 1400. The number of urea groups is 1. The van der Waals surface area contributed by atoms with Gasteiger partial charge in [-0.25, -0.2) is 9.78 Å². The summed E-state index contributed by atoms with van der Waals surface area (Å²) in [6.45, 7) is 10.4. The van der Waals surface area contributed by atoms with Crippen LogP contribution < -0.4 is 10.9 Å². The molecule has 0 bridgehead atoms.